The third-order valence-corrected chi connectivity index (χ3v) is 5.45. The highest BCUT2D eigenvalue weighted by molar-refractivity contribution is 7.99. The fraction of sp³-hybridized carbons (Fsp3) is 0.190. The lowest BCUT2D eigenvalue weighted by atomic mass is 10.1. The van der Waals surface area contributed by atoms with E-state index in [2.05, 4.69) is 21.1 Å². The third-order valence-electron chi connectivity index (χ3n) is 4.22. The number of aryl methyl sites for hydroxylation is 2. The van der Waals surface area contributed by atoms with Gasteiger partial charge in [0, 0.05) is 17.4 Å². The smallest absolute Gasteiger partial charge is 0.266 e. The highest BCUT2D eigenvalue weighted by atomic mass is 35.5. The number of halogens is 1. The zero-order valence-corrected chi connectivity index (χ0v) is 17.5. The normalized spacial score (nSPS) is 11.1. The number of rotatable bonds is 6. The van der Waals surface area contributed by atoms with E-state index in [1.807, 2.05) is 44.2 Å². The average Bonchev–Trinajstić information content (AvgIpc) is 3.05. The molecule has 6 nitrogen and oxygen atoms in total. The molecule has 0 unspecified atom stereocenters. The van der Waals surface area contributed by atoms with Gasteiger partial charge in [-0.2, -0.15) is 0 Å². The summed E-state index contributed by atoms with van der Waals surface area (Å²) >= 11 is 7.78. The highest BCUT2D eigenvalue weighted by Crippen LogP contribution is 2.27. The monoisotopic (exact) mass is 426 g/mol. The molecule has 0 radical (unpaired) electrons. The first-order valence-electron chi connectivity index (χ1n) is 9.08. The van der Waals surface area contributed by atoms with E-state index in [9.17, 15) is 4.79 Å². The number of hydrogen-bond donors (Lipinski definition) is 1. The summed E-state index contributed by atoms with van der Waals surface area (Å²) in [7, 11) is 0. The van der Waals surface area contributed by atoms with Gasteiger partial charge in [0.25, 0.3) is 5.56 Å². The van der Waals surface area contributed by atoms with Gasteiger partial charge < -0.3 is 4.74 Å². The van der Waals surface area contributed by atoms with Crippen LogP contribution in [0.15, 0.2) is 58.5 Å². The molecule has 0 spiro atoms. The first-order valence-corrected chi connectivity index (χ1v) is 10.4. The van der Waals surface area contributed by atoms with Gasteiger partial charge in [0.1, 0.15) is 5.75 Å². The molecule has 29 heavy (non-hydrogen) atoms. The quantitative estimate of drug-likeness (QED) is 0.362. The van der Waals surface area contributed by atoms with Crippen LogP contribution in [0.2, 0.25) is 5.02 Å². The van der Waals surface area contributed by atoms with Gasteiger partial charge in [0.2, 0.25) is 0 Å². The van der Waals surface area contributed by atoms with Crippen LogP contribution in [0.25, 0.3) is 17.0 Å². The van der Waals surface area contributed by atoms with E-state index in [1.54, 1.807) is 10.6 Å². The molecule has 0 amide bonds. The third kappa shape index (κ3) is 4.46. The Balaban J connectivity index is 1.56. The number of aromatic amines is 1. The summed E-state index contributed by atoms with van der Waals surface area (Å²) in [5.41, 5.74) is 3.32. The number of ether oxygens (including phenoxy) is 1. The van der Waals surface area contributed by atoms with Crippen molar-refractivity contribution in [1.29, 1.82) is 0 Å². The molecule has 0 fully saturated rings. The first-order chi connectivity index (χ1) is 14.0. The van der Waals surface area contributed by atoms with Crippen molar-refractivity contribution in [2.45, 2.75) is 19.0 Å². The maximum Gasteiger partial charge on any atom is 0.266 e. The minimum Gasteiger partial charge on any atom is -0.493 e. The van der Waals surface area contributed by atoms with Crippen molar-refractivity contribution >= 4 is 29.0 Å². The maximum atomic E-state index is 11.8. The number of nitrogens with one attached hydrogen (secondary N) is 1. The topological polar surface area (TPSA) is 72.3 Å². The number of H-pyrrole nitrogens is 1. The zero-order valence-electron chi connectivity index (χ0n) is 16.0. The summed E-state index contributed by atoms with van der Waals surface area (Å²) in [6.07, 6.45) is 0. The summed E-state index contributed by atoms with van der Waals surface area (Å²) < 4.78 is 7.46. The SMILES string of the molecule is Cc1cc(C)cc(OCCSc2nc(-c3ccccc3Cl)nc3cc(=O)[nH]n23)c1. The van der Waals surface area contributed by atoms with Gasteiger partial charge in [0.15, 0.2) is 16.6 Å². The Morgan fingerprint density at radius 1 is 1.10 bits per heavy atom. The van der Waals surface area contributed by atoms with E-state index < -0.39 is 0 Å². The zero-order chi connectivity index (χ0) is 20.4. The molecule has 8 heteroatoms. The highest BCUT2D eigenvalue weighted by Gasteiger charge is 2.13. The van der Waals surface area contributed by atoms with Crippen molar-refractivity contribution in [2.75, 3.05) is 12.4 Å². The van der Waals surface area contributed by atoms with Gasteiger partial charge in [0.05, 0.1) is 11.6 Å². The minimum absolute atomic E-state index is 0.232. The van der Waals surface area contributed by atoms with Gasteiger partial charge in [-0.3, -0.25) is 9.89 Å². The number of thioether (sulfide) groups is 1. The standard InChI is InChI=1S/C21H19ClN4O2S/c1-13-9-14(2)11-15(10-13)28-7-8-29-21-24-20(16-5-3-4-6-17(16)22)23-18-12-19(27)25-26(18)21/h3-6,9-12H,7-8H2,1-2H3,(H,25,27). The number of nitrogens with zero attached hydrogens (tertiary/aromatic N) is 3. The van der Waals surface area contributed by atoms with Crippen molar-refractivity contribution in [3.63, 3.8) is 0 Å². The maximum absolute atomic E-state index is 11.8. The van der Waals surface area contributed by atoms with Crippen LogP contribution >= 0.6 is 23.4 Å². The largest absolute Gasteiger partial charge is 0.493 e. The molecule has 0 aliphatic carbocycles. The lowest BCUT2D eigenvalue weighted by molar-refractivity contribution is 0.343. The summed E-state index contributed by atoms with van der Waals surface area (Å²) in [4.78, 5) is 20.9. The second kappa shape index (κ2) is 8.31. The Morgan fingerprint density at radius 3 is 2.62 bits per heavy atom. The molecule has 0 aliphatic heterocycles. The van der Waals surface area contributed by atoms with E-state index in [0.29, 0.717) is 34.0 Å². The second-order valence-electron chi connectivity index (χ2n) is 6.64. The summed E-state index contributed by atoms with van der Waals surface area (Å²) in [6.45, 7) is 4.60. The predicted molar refractivity (Wildman–Crippen MR) is 116 cm³/mol. The molecule has 2 aromatic carbocycles. The van der Waals surface area contributed by atoms with Crippen LogP contribution in [0.5, 0.6) is 5.75 Å². The Hall–Kier alpha value is -2.77. The van der Waals surface area contributed by atoms with Crippen LogP contribution in [0, 0.1) is 13.8 Å². The van der Waals surface area contributed by atoms with Gasteiger partial charge in [-0.05, 0) is 49.2 Å². The molecule has 0 bridgehead atoms. The van der Waals surface area contributed by atoms with E-state index in [-0.39, 0.29) is 5.56 Å². The average molecular weight is 427 g/mol. The van der Waals surface area contributed by atoms with Crippen LogP contribution in [-0.4, -0.2) is 31.9 Å². The van der Waals surface area contributed by atoms with Gasteiger partial charge >= 0.3 is 0 Å². The molecule has 2 heterocycles. The van der Waals surface area contributed by atoms with Gasteiger partial charge in [-0.25, -0.2) is 14.5 Å². The van der Waals surface area contributed by atoms with E-state index >= 15 is 0 Å². The molecule has 1 N–H and O–H groups in total. The number of aromatic nitrogens is 4. The van der Waals surface area contributed by atoms with Crippen molar-refractivity contribution in [3.8, 4) is 17.1 Å². The number of fused-ring (bicyclic) bond motifs is 1. The lowest BCUT2D eigenvalue weighted by Gasteiger charge is -2.10. The molecule has 0 aliphatic rings. The molecule has 0 saturated carbocycles. The second-order valence-corrected chi connectivity index (χ2v) is 8.11. The van der Waals surface area contributed by atoms with Crippen molar-refractivity contribution in [1.82, 2.24) is 19.6 Å². The van der Waals surface area contributed by atoms with Gasteiger partial charge in [-0.15, -0.1) is 0 Å². The van der Waals surface area contributed by atoms with E-state index in [1.165, 1.54) is 29.0 Å². The number of hydrogen-bond acceptors (Lipinski definition) is 5. The lowest BCUT2D eigenvalue weighted by Crippen LogP contribution is -2.07. The molecule has 0 saturated heterocycles. The molecule has 4 rings (SSSR count). The fourth-order valence-corrected chi connectivity index (χ4v) is 4.04. The number of benzene rings is 2. The molecule has 148 valence electrons. The Bertz CT molecular complexity index is 1210. The molecule has 2 aromatic heterocycles. The van der Waals surface area contributed by atoms with Crippen molar-refractivity contribution < 1.29 is 4.74 Å². The molecule has 4 aromatic rings. The van der Waals surface area contributed by atoms with E-state index in [4.69, 9.17) is 16.3 Å². The molecular weight excluding hydrogens is 408 g/mol. The minimum atomic E-state index is -0.232. The van der Waals surface area contributed by atoms with Crippen LogP contribution in [-0.2, 0) is 0 Å². The van der Waals surface area contributed by atoms with E-state index in [0.717, 1.165) is 11.3 Å². The first kappa shape index (κ1) is 19.5. The molecular formula is C21H19ClN4O2S. The Labute approximate surface area is 176 Å². The van der Waals surface area contributed by atoms with Crippen LogP contribution in [0.1, 0.15) is 11.1 Å². The summed E-state index contributed by atoms with van der Waals surface area (Å²) in [5.74, 6) is 1.98. The van der Waals surface area contributed by atoms with Gasteiger partial charge in [-0.1, -0.05) is 41.6 Å². The molecule has 0 atom stereocenters. The van der Waals surface area contributed by atoms with Crippen LogP contribution in [0.3, 0.4) is 0 Å². The Kier molecular flexibility index (Phi) is 5.60. The predicted octanol–water partition coefficient (Wildman–Crippen LogP) is 4.53. The fourth-order valence-electron chi connectivity index (χ4n) is 3.05. The van der Waals surface area contributed by atoms with Crippen molar-refractivity contribution in [2.24, 2.45) is 0 Å². The van der Waals surface area contributed by atoms with Crippen molar-refractivity contribution in [3.05, 3.63) is 75.0 Å². The Morgan fingerprint density at radius 2 is 1.86 bits per heavy atom. The van der Waals surface area contributed by atoms with Crippen LogP contribution in [0.4, 0.5) is 0 Å². The summed E-state index contributed by atoms with van der Waals surface area (Å²) in [5, 5.41) is 3.92. The van der Waals surface area contributed by atoms with Crippen LogP contribution < -0.4 is 10.3 Å². The summed E-state index contributed by atoms with van der Waals surface area (Å²) in [6, 6.07) is 15.0.